The Hall–Kier alpha value is -2.13. The van der Waals surface area contributed by atoms with Gasteiger partial charge in [0.15, 0.2) is 0 Å². The summed E-state index contributed by atoms with van der Waals surface area (Å²) >= 11 is 0. The van der Waals surface area contributed by atoms with Crippen molar-refractivity contribution in [1.29, 1.82) is 0 Å². The summed E-state index contributed by atoms with van der Waals surface area (Å²) in [4.78, 5) is 10.8. The number of nitrogens with one attached hydrogen (secondary N) is 1. The van der Waals surface area contributed by atoms with Crippen LogP contribution < -0.4 is 5.32 Å². The maximum atomic E-state index is 10.8. The first kappa shape index (κ1) is 19.9. The molecule has 0 unspecified atom stereocenters. The molecule has 0 radical (unpaired) electrons. The van der Waals surface area contributed by atoms with Crippen molar-refractivity contribution in [3.05, 3.63) is 71.3 Å². The van der Waals surface area contributed by atoms with E-state index in [9.17, 15) is 4.79 Å². The van der Waals surface area contributed by atoms with E-state index in [1.165, 1.54) is 11.1 Å². The summed E-state index contributed by atoms with van der Waals surface area (Å²) in [5, 5.41) is 11.9. The first-order chi connectivity index (χ1) is 11.4. The van der Waals surface area contributed by atoms with Crippen molar-refractivity contribution in [1.82, 2.24) is 5.32 Å². The first-order valence-electron chi connectivity index (χ1n) is 8.44. The van der Waals surface area contributed by atoms with Crippen LogP contribution in [0.1, 0.15) is 43.4 Å². The fraction of sp³-hybridized carbons (Fsp3) is 0.381. The summed E-state index contributed by atoms with van der Waals surface area (Å²) in [6, 6.07) is 18.2. The Kier molecular flexibility index (Phi) is 8.80. The highest BCUT2D eigenvalue weighted by molar-refractivity contribution is 5.75. The fourth-order valence-electron chi connectivity index (χ4n) is 2.36. The zero-order chi connectivity index (χ0) is 17.9. The lowest BCUT2D eigenvalue weighted by Crippen LogP contribution is -2.07. The first-order valence-corrected chi connectivity index (χ1v) is 8.44. The molecule has 0 bridgehead atoms. The summed E-state index contributed by atoms with van der Waals surface area (Å²) in [6.07, 6.45) is 1.04. The fourth-order valence-corrected chi connectivity index (χ4v) is 2.36. The van der Waals surface area contributed by atoms with Gasteiger partial charge in [0.25, 0.3) is 0 Å². The van der Waals surface area contributed by atoms with Gasteiger partial charge in [0.2, 0.25) is 0 Å². The highest BCUT2D eigenvalue weighted by Gasteiger charge is 2.12. The second-order valence-corrected chi connectivity index (χ2v) is 6.42. The van der Waals surface area contributed by atoms with E-state index in [-0.39, 0.29) is 0 Å². The molecular formula is C21H29NO2. The van der Waals surface area contributed by atoms with Gasteiger partial charge in [0.1, 0.15) is 0 Å². The van der Waals surface area contributed by atoms with Gasteiger partial charge in [-0.1, -0.05) is 68.4 Å². The van der Waals surface area contributed by atoms with Crippen LogP contribution in [0.15, 0.2) is 54.6 Å². The van der Waals surface area contributed by atoms with Gasteiger partial charge in [-0.2, -0.15) is 0 Å². The summed E-state index contributed by atoms with van der Waals surface area (Å²) in [5.74, 6) is -0.558. The molecule has 2 aromatic rings. The lowest BCUT2D eigenvalue weighted by atomic mass is 9.97. The van der Waals surface area contributed by atoms with Crippen molar-refractivity contribution in [2.75, 3.05) is 7.05 Å². The van der Waals surface area contributed by atoms with Crippen molar-refractivity contribution in [3.63, 3.8) is 0 Å². The highest BCUT2D eigenvalue weighted by atomic mass is 16.4. The minimum absolute atomic E-state index is 0.418. The minimum Gasteiger partial charge on any atom is -0.481 e. The highest BCUT2D eigenvalue weighted by Crippen LogP contribution is 2.17. The molecule has 0 aliphatic heterocycles. The Morgan fingerprint density at radius 2 is 1.54 bits per heavy atom. The van der Waals surface area contributed by atoms with Crippen LogP contribution in [0.5, 0.6) is 0 Å². The van der Waals surface area contributed by atoms with Crippen molar-refractivity contribution in [2.24, 2.45) is 5.92 Å². The van der Waals surface area contributed by atoms with Crippen LogP contribution in [0.4, 0.5) is 0 Å². The Morgan fingerprint density at radius 1 is 0.958 bits per heavy atom. The summed E-state index contributed by atoms with van der Waals surface area (Å²) in [7, 11) is 1.95. The number of rotatable bonds is 6. The zero-order valence-electron chi connectivity index (χ0n) is 15.1. The van der Waals surface area contributed by atoms with Crippen LogP contribution in [-0.4, -0.2) is 18.1 Å². The van der Waals surface area contributed by atoms with Gasteiger partial charge in [0.05, 0.1) is 5.92 Å². The van der Waals surface area contributed by atoms with Crippen LogP contribution in [0.2, 0.25) is 0 Å². The summed E-state index contributed by atoms with van der Waals surface area (Å²) in [5.41, 5.74) is 3.47. The molecule has 2 aromatic carbocycles. The normalized spacial score (nSPS) is 11.5. The van der Waals surface area contributed by atoms with Gasteiger partial charge in [-0.05, 0) is 43.0 Å². The molecule has 2 N–H and O–H groups in total. The van der Waals surface area contributed by atoms with Crippen LogP contribution in [0.3, 0.4) is 0 Å². The van der Waals surface area contributed by atoms with Gasteiger partial charge in [-0.3, -0.25) is 4.79 Å². The topological polar surface area (TPSA) is 49.3 Å². The maximum Gasteiger partial charge on any atom is 0.310 e. The van der Waals surface area contributed by atoms with E-state index in [1.807, 2.05) is 49.5 Å². The monoisotopic (exact) mass is 327 g/mol. The number of benzene rings is 2. The molecule has 0 aliphatic carbocycles. The number of carbonyl (C=O) groups is 1. The van der Waals surface area contributed by atoms with Gasteiger partial charge in [-0.25, -0.2) is 0 Å². The molecule has 3 heteroatoms. The summed E-state index contributed by atoms with van der Waals surface area (Å²) < 4.78 is 0. The molecule has 0 spiro atoms. The van der Waals surface area contributed by atoms with E-state index in [0.29, 0.717) is 5.92 Å². The van der Waals surface area contributed by atoms with E-state index in [2.05, 4.69) is 31.3 Å². The van der Waals surface area contributed by atoms with Crippen LogP contribution in [-0.2, 0) is 17.8 Å². The third-order valence-electron chi connectivity index (χ3n) is 3.72. The third-order valence-corrected chi connectivity index (χ3v) is 3.72. The minimum atomic E-state index is -0.772. The van der Waals surface area contributed by atoms with Gasteiger partial charge < -0.3 is 10.4 Å². The average molecular weight is 327 g/mol. The van der Waals surface area contributed by atoms with Crippen molar-refractivity contribution >= 4 is 5.97 Å². The smallest absolute Gasteiger partial charge is 0.310 e. The average Bonchev–Trinajstić information content (AvgIpc) is 2.56. The largest absolute Gasteiger partial charge is 0.481 e. The number of aliphatic carboxylic acids is 1. The second kappa shape index (κ2) is 10.6. The Labute approximate surface area is 145 Å². The van der Waals surface area contributed by atoms with E-state index in [1.54, 1.807) is 6.92 Å². The van der Waals surface area contributed by atoms with E-state index in [0.717, 1.165) is 18.5 Å². The quantitative estimate of drug-likeness (QED) is 0.822. The molecule has 0 fully saturated rings. The van der Waals surface area contributed by atoms with Gasteiger partial charge in [-0.15, -0.1) is 0 Å². The lowest BCUT2D eigenvalue weighted by molar-refractivity contribution is -0.138. The molecule has 130 valence electrons. The van der Waals surface area contributed by atoms with Gasteiger partial charge in [0, 0.05) is 6.54 Å². The molecule has 24 heavy (non-hydrogen) atoms. The molecule has 0 aromatic heterocycles. The molecule has 0 saturated heterocycles. The summed E-state index contributed by atoms with van der Waals surface area (Å²) in [6.45, 7) is 7.02. The van der Waals surface area contributed by atoms with Crippen molar-refractivity contribution in [2.45, 2.75) is 39.7 Å². The molecule has 0 heterocycles. The maximum absolute atomic E-state index is 10.8. The standard InChI is InChI=1S/C13H18O2.C8H11N/c1-9(2)8-11-4-6-12(7-5-11)10(3)13(14)15;1-9-7-8-5-3-2-4-6-8/h4-7,9-10H,8H2,1-3H3,(H,14,15);2-6,9H,7H2,1H3/t10-;/m1./s1. The number of carboxylic acids is 1. The molecule has 0 saturated carbocycles. The second-order valence-electron chi connectivity index (χ2n) is 6.42. The molecule has 0 aliphatic rings. The van der Waals surface area contributed by atoms with E-state index < -0.39 is 11.9 Å². The number of carboxylic acid groups (broad SMARTS) is 1. The molecule has 2 rings (SSSR count). The van der Waals surface area contributed by atoms with E-state index >= 15 is 0 Å². The van der Waals surface area contributed by atoms with Crippen LogP contribution in [0, 0.1) is 5.92 Å². The van der Waals surface area contributed by atoms with E-state index in [4.69, 9.17) is 5.11 Å². The molecular weight excluding hydrogens is 298 g/mol. The zero-order valence-corrected chi connectivity index (χ0v) is 15.1. The Balaban J connectivity index is 0.000000272. The van der Waals surface area contributed by atoms with Crippen molar-refractivity contribution < 1.29 is 9.90 Å². The molecule has 3 nitrogen and oxygen atoms in total. The predicted molar refractivity (Wildman–Crippen MR) is 100 cm³/mol. The Bertz CT molecular complexity index is 591. The van der Waals surface area contributed by atoms with Crippen LogP contribution >= 0.6 is 0 Å². The molecule has 0 amide bonds. The number of hydrogen-bond donors (Lipinski definition) is 2. The Morgan fingerprint density at radius 3 is 2.00 bits per heavy atom. The lowest BCUT2D eigenvalue weighted by Gasteiger charge is -2.09. The number of hydrogen-bond acceptors (Lipinski definition) is 2. The SMILES string of the molecule is CC(C)Cc1ccc([C@@H](C)C(=O)O)cc1.CNCc1ccccc1. The third kappa shape index (κ3) is 7.42. The predicted octanol–water partition coefficient (Wildman–Crippen LogP) is 4.48. The van der Waals surface area contributed by atoms with Crippen molar-refractivity contribution in [3.8, 4) is 0 Å². The molecule has 1 atom stereocenters. The van der Waals surface area contributed by atoms with Gasteiger partial charge >= 0.3 is 5.97 Å². The van der Waals surface area contributed by atoms with Crippen LogP contribution in [0.25, 0.3) is 0 Å².